The molecule has 5 rings (SSSR count). The van der Waals surface area contributed by atoms with Gasteiger partial charge in [-0.2, -0.15) is 39.5 Å². The van der Waals surface area contributed by atoms with Crippen molar-refractivity contribution in [2.45, 2.75) is 50.1 Å². The van der Waals surface area contributed by atoms with Crippen molar-refractivity contribution in [3.63, 3.8) is 0 Å². The van der Waals surface area contributed by atoms with Crippen LogP contribution < -0.4 is 15.5 Å². The lowest BCUT2D eigenvalue weighted by Gasteiger charge is -2.27. The molecule has 5 N–H and O–H groups in total. The van der Waals surface area contributed by atoms with Crippen LogP contribution in [0.2, 0.25) is 0 Å². The number of carbonyl (C=O) groups is 4. The number of nitrogens with one attached hydrogen (secondary N) is 2. The maximum atomic E-state index is 12.7. The first-order chi connectivity index (χ1) is 24.9. The molecule has 2 heterocycles. The lowest BCUT2D eigenvalue weighted by molar-refractivity contribution is -0.193. The molecule has 0 spiro atoms. The number of hydrogen-bond donors (Lipinski definition) is 5. The Morgan fingerprint density at radius 2 is 1.20 bits per heavy atom. The zero-order valence-electron chi connectivity index (χ0n) is 28.4. The summed E-state index contributed by atoms with van der Waals surface area (Å²) in [5.41, 5.74) is 6.56. The van der Waals surface area contributed by atoms with Gasteiger partial charge in [-0.25, -0.2) is 14.4 Å². The Morgan fingerprint density at radius 3 is 1.63 bits per heavy atom. The van der Waals surface area contributed by atoms with Crippen LogP contribution >= 0.6 is 0 Å². The number of rotatable bonds is 7. The molecule has 20 heteroatoms. The fourth-order valence-corrected chi connectivity index (χ4v) is 5.00. The second kappa shape index (κ2) is 19.1. The van der Waals surface area contributed by atoms with Gasteiger partial charge in [0.2, 0.25) is 0 Å². The number of fused-ring (bicyclic) bond motifs is 2. The van der Waals surface area contributed by atoms with Crippen LogP contribution in [-0.4, -0.2) is 102 Å². The van der Waals surface area contributed by atoms with Crippen molar-refractivity contribution in [3.05, 3.63) is 89.5 Å². The number of carboxylic acid groups (broad SMARTS) is 3. The molecule has 0 unspecified atom stereocenters. The van der Waals surface area contributed by atoms with E-state index < -0.39 is 36.4 Å². The largest absolute Gasteiger partial charge is 0.490 e. The monoisotopic (exact) mass is 782 g/mol. The molecule has 2 fully saturated rings. The highest BCUT2D eigenvalue weighted by atomic mass is 19.4. The molecule has 0 aliphatic carbocycles. The summed E-state index contributed by atoms with van der Waals surface area (Å²) >= 11 is 0. The van der Waals surface area contributed by atoms with E-state index in [2.05, 4.69) is 64.1 Å². The molecule has 0 saturated carbocycles. The van der Waals surface area contributed by atoms with Gasteiger partial charge in [0.15, 0.2) is 0 Å². The van der Waals surface area contributed by atoms with Crippen LogP contribution in [0.5, 0.6) is 0 Å². The molecule has 0 aromatic heterocycles. The number of carboxylic acids is 3. The number of amides is 1. The van der Waals surface area contributed by atoms with E-state index in [0.717, 1.165) is 30.9 Å². The fraction of sp³-hybridized carbons (Fsp3) is 0.353. The highest BCUT2D eigenvalue weighted by Crippen LogP contribution is 2.27. The van der Waals surface area contributed by atoms with Gasteiger partial charge >= 0.3 is 36.4 Å². The number of aliphatic carboxylic acids is 3. The maximum absolute atomic E-state index is 12.7. The number of benzene rings is 3. The number of likely N-dealkylation sites (tertiary alicyclic amines) is 1. The normalized spacial score (nSPS) is 16.4. The van der Waals surface area contributed by atoms with Crippen molar-refractivity contribution in [1.29, 1.82) is 0 Å². The Morgan fingerprint density at radius 1 is 0.741 bits per heavy atom. The summed E-state index contributed by atoms with van der Waals surface area (Å²) in [5, 5.41) is 28.0. The third kappa shape index (κ3) is 14.9. The predicted molar refractivity (Wildman–Crippen MR) is 175 cm³/mol. The summed E-state index contributed by atoms with van der Waals surface area (Å²) in [6, 6.07) is 26.4. The van der Waals surface area contributed by atoms with Crippen LogP contribution in [0, 0.1) is 0 Å². The second-order valence-electron chi connectivity index (χ2n) is 11.9. The topological polar surface area (TPSA) is 160 Å². The van der Waals surface area contributed by atoms with Crippen LogP contribution in [0.4, 0.5) is 45.2 Å². The molecule has 2 saturated heterocycles. The van der Waals surface area contributed by atoms with Gasteiger partial charge in [-0.05, 0) is 59.0 Å². The summed E-state index contributed by atoms with van der Waals surface area (Å²) in [5.74, 6) is -8.33. The molecular weight excluding hydrogens is 747 g/mol. The van der Waals surface area contributed by atoms with Gasteiger partial charge in [-0.15, -0.1) is 0 Å². The minimum Gasteiger partial charge on any atom is -0.475 e. The number of anilines is 1. The smallest absolute Gasteiger partial charge is 0.475 e. The van der Waals surface area contributed by atoms with Crippen molar-refractivity contribution in [3.8, 4) is 11.1 Å². The quantitative estimate of drug-likeness (QED) is 0.186. The molecule has 2 aliphatic rings. The zero-order chi connectivity index (χ0) is 41.0. The lowest BCUT2D eigenvalue weighted by atomic mass is 10.0. The van der Waals surface area contributed by atoms with Crippen LogP contribution in [-0.2, 0) is 27.5 Å². The Hall–Kier alpha value is -5.37. The van der Waals surface area contributed by atoms with Crippen LogP contribution in [0.25, 0.3) is 11.1 Å². The first kappa shape index (κ1) is 44.8. The van der Waals surface area contributed by atoms with Crippen molar-refractivity contribution in [2.24, 2.45) is 0 Å². The van der Waals surface area contributed by atoms with Gasteiger partial charge in [-0.3, -0.25) is 9.69 Å². The van der Waals surface area contributed by atoms with Crippen molar-refractivity contribution >= 4 is 29.5 Å². The number of halogens is 9. The number of carbonyl (C=O) groups excluding carboxylic acids is 1. The number of alkyl halides is 9. The van der Waals surface area contributed by atoms with Crippen molar-refractivity contribution < 1.29 is 74.0 Å². The van der Waals surface area contributed by atoms with Gasteiger partial charge in [0.1, 0.15) is 0 Å². The molecule has 296 valence electrons. The van der Waals surface area contributed by atoms with E-state index in [9.17, 15) is 44.3 Å². The van der Waals surface area contributed by atoms with E-state index in [0.29, 0.717) is 24.2 Å². The molecule has 1 amide bonds. The molecule has 2 bridgehead atoms. The van der Waals surface area contributed by atoms with Crippen LogP contribution in [0.3, 0.4) is 0 Å². The van der Waals surface area contributed by atoms with Gasteiger partial charge < -0.3 is 30.9 Å². The average molecular weight is 783 g/mol. The standard InChI is InChI=1S/C28H32N4O.3C2HF3O2/c1-31(2)26-11-5-10-24(14-26)28(33)30-16-20-6-3-8-22(12-20)23-9-4-7-21(13-23)18-32-19-25-15-27(32)17-29-25;3*3-2(4,5)1(6)7/h3-14,25,27,29H,15-19H2,1-2H3,(H,30,33);3*(H,6,7)/t25-,27+;;;/m0.../s1. The fourth-order valence-electron chi connectivity index (χ4n) is 5.00. The molecule has 3 aromatic rings. The Labute approximate surface area is 302 Å². The van der Waals surface area contributed by atoms with Crippen molar-refractivity contribution in [2.75, 3.05) is 32.1 Å². The number of piperazine rings is 1. The second-order valence-corrected chi connectivity index (χ2v) is 11.9. The van der Waals surface area contributed by atoms with Gasteiger partial charge in [0.25, 0.3) is 5.91 Å². The minimum atomic E-state index is -5.08. The number of nitrogens with zero attached hydrogens (tertiary/aromatic N) is 2. The third-order valence-corrected chi connectivity index (χ3v) is 7.55. The highest BCUT2D eigenvalue weighted by molar-refractivity contribution is 5.95. The van der Waals surface area contributed by atoms with E-state index in [-0.39, 0.29) is 5.91 Å². The molecular formula is C34H35F9N4O7. The average Bonchev–Trinajstić information content (AvgIpc) is 3.71. The third-order valence-electron chi connectivity index (χ3n) is 7.55. The molecule has 11 nitrogen and oxygen atoms in total. The van der Waals surface area contributed by atoms with Gasteiger partial charge in [0.05, 0.1) is 0 Å². The summed E-state index contributed by atoms with van der Waals surface area (Å²) in [6.45, 7) is 3.79. The zero-order valence-corrected chi connectivity index (χ0v) is 28.4. The van der Waals surface area contributed by atoms with E-state index in [1.165, 1.54) is 23.1 Å². The van der Waals surface area contributed by atoms with Crippen molar-refractivity contribution in [1.82, 2.24) is 15.5 Å². The SMILES string of the molecule is CN(C)c1cccc(C(=O)NCc2cccc(-c3cccc(CN4C[C@@H]5C[C@@H]4CN5)c3)c2)c1.O=C(O)C(F)(F)F.O=C(O)C(F)(F)F.O=C(O)C(F)(F)F. The van der Waals surface area contributed by atoms with E-state index in [1.807, 2.05) is 43.3 Å². The van der Waals surface area contributed by atoms with E-state index in [4.69, 9.17) is 29.7 Å². The molecule has 2 aliphatic heterocycles. The highest BCUT2D eigenvalue weighted by Gasteiger charge is 2.40. The first-order valence-electron chi connectivity index (χ1n) is 15.5. The molecule has 54 heavy (non-hydrogen) atoms. The minimum absolute atomic E-state index is 0.0551. The van der Waals surface area contributed by atoms with Gasteiger partial charge in [0, 0.05) is 63.6 Å². The lowest BCUT2D eigenvalue weighted by Crippen LogP contribution is -2.42. The van der Waals surface area contributed by atoms with Crippen LogP contribution in [0.1, 0.15) is 27.9 Å². The number of hydrogen-bond acceptors (Lipinski definition) is 7. The molecule has 3 aromatic carbocycles. The van der Waals surface area contributed by atoms with E-state index >= 15 is 0 Å². The van der Waals surface area contributed by atoms with Gasteiger partial charge in [-0.1, -0.05) is 42.5 Å². The summed E-state index contributed by atoms with van der Waals surface area (Å²) in [7, 11) is 3.95. The van der Waals surface area contributed by atoms with E-state index in [1.54, 1.807) is 0 Å². The molecule has 0 radical (unpaired) electrons. The summed E-state index contributed by atoms with van der Waals surface area (Å²) in [4.78, 5) is 44.0. The van der Waals surface area contributed by atoms with Crippen LogP contribution in [0.15, 0.2) is 72.8 Å². The first-order valence-corrected chi connectivity index (χ1v) is 15.5. The Balaban J connectivity index is 0.000000393. The summed E-state index contributed by atoms with van der Waals surface area (Å²) < 4.78 is 95.2. The maximum Gasteiger partial charge on any atom is 0.490 e. The Bertz CT molecular complexity index is 1690. The Kier molecular flexibility index (Phi) is 15.8. The molecule has 2 atom stereocenters. The summed E-state index contributed by atoms with van der Waals surface area (Å²) in [6.07, 6.45) is -14.0. The predicted octanol–water partition coefficient (Wildman–Crippen LogP) is 5.80.